The summed E-state index contributed by atoms with van der Waals surface area (Å²) >= 11 is 0. The van der Waals surface area contributed by atoms with Crippen LogP contribution >= 0.6 is 0 Å². The minimum absolute atomic E-state index is 0.174. The Morgan fingerprint density at radius 3 is 2.52 bits per heavy atom. The third-order valence-electron chi connectivity index (χ3n) is 3.18. The number of anilines is 2. The predicted molar refractivity (Wildman–Crippen MR) is 77.1 cm³/mol. The second-order valence-electron chi connectivity index (χ2n) is 4.53. The van der Waals surface area contributed by atoms with Gasteiger partial charge in [0.1, 0.15) is 12.1 Å². The molecule has 1 aromatic rings. The lowest BCUT2D eigenvalue weighted by Gasteiger charge is -2.20. The van der Waals surface area contributed by atoms with Gasteiger partial charge in [0.05, 0.1) is 16.9 Å². The molecule has 0 amide bonds. The molecule has 0 aromatic heterocycles. The van der Waals surface area contributed by atoms with E-state index >= 15 is 0 Å². The minimum Gasteiger partial charge on any atom is -0.478 e. The molecule has 1 saturated heterocycles. The first-order chi connectivity index (χ1) is 10.2. The van der Waals surface area contributed by atoms with Crippen molar-refractivity contribution in [3.05, 3.63) is 23.8 Å². The number of hydrogen-bond donors (Lipinski definition) is 2. The highest BCUT2D eigenvalue weighted by Gasteiger charge is 2.19. The van der Waals surface area contributed by atoms with E-state index in [4.69, 9.17) is 10.5 Å². The molecule has 0 bridgehead atoms. The van der Waals surface area contributed by atoms with Gasteiger partial charge in [-0.15, -0.1) is 0 Å². The molecule has 106 valence electrons. The summed E-state index contributed by atoms with van der Waals surface area (Å²) < 4.78 is 0. The summed E-state index contributed by atoms with van der Waals surface area (Å²) in [7, 11) is 0. The summed E-state index contributed by atoms with van der Waals surface area (Å²) in [5.41, 5.74) is 3.46. The molecule has 0 saturated carbocycles. The molecule has 0 aliphatic carbocycles. The van der Waals surface area contributed by atoms with Crippen molar-refractivity contribution in [2.45, 2.75) is 12.8 Å². The topological polar surface area (TPSA) is 113 Å². The molecule has 1 heterocycles. The molecular formula is C14H13N5O2. The predicted octanol–water partition coefficient (Wildman–Crippen LogP) is 1.80. The van der Waals surface area contributed by atoms with Crippen molar-refractivity contribution < 1.29 is 9.90 Å². The maximum atomic E-state index is 11.4. The molecule has 21 heavy (non-hydrogen) atoms. The summed E-state index contributed by atoms with van der Waals surface area (Å²) in [5.74, 6) is -1.02. The molecule has 0 atom stereocenters. The van der Waals surface area contributed by atoms with Crippen LogP contribution in [0.1, 0.15) is 23.2 Å². The van der Waals surface area contributed by atoms with Gasteiger partial charge in [-0.1, -0.05) is 0 Å². The van der Waals surface area contributed by atoms with Gasteiger partial charge in [0.25, 0.3) is 0 Å². The average molecular weight is 283 g/mol. The number of nitrogens with one attached hydrogen (secondary N) is 1. The smallest absolute Gasteiger partial charge is 0.337 e. The van der Waals surface area contributed by atoms with Crippen LogP contribution in [0.25, 0.3) is 0 Å². The highest BCUT2D eigenvalue weighted by molar-refractivity contribution is 6.10. The number of carboxylic acids is 1. The van der Waals surface area contributed by atoms with Crippen molar-refractivity contribution in [2.24, 2.45) is 5.10 Å². The van der Waals surface area contributed by atoms with Gasteiger partial charge in [0.2, 0.25) is 5.71 Å². The minimum atomic E-state index is -1.02. The molecule has 2 N–H and O–H groups in total. The highest BCUT2D eigenvalue weighted by atomic mass is 16.4. The number of hydrogen-bond acceptors (Lipinski definition) is 6. The average Bonchev–Trinajstić information content (AvgIpc) is 3.02. The van der Waals surface area contributed by atoms with Crippen LogP contribution in [0, 0.1) is 22.7 Å². The summed E-state index contributed by atoms with van der Waals surface area (Å²) in [6, 6.07) is 8.07. The molecular weight excluding hydrogens is 270 g/mol. The second-order valence-corrected chi connectivity index (χ2v) is 4.53. The number of aromatic carboxylic acids is 1. The van der Waals surface area contributed by atoms with Gasteiger partial charge in [-0.2, -0.15) is 15.6 Å². The number of carboxylic acid groups (broad SMARTS) is 1. The van der Waals surface area contributed by atoms with Gasteiger partial charge in [0.15, 0.2) is 0 Å². The third kappa shape index (κ3) is 3.28. The molecule has 1 fully saturated rings. The zero-order chi connectivity index (χ0) is 15.2. The third-order valence-corrected chi connectivity index (χ3v) is 3.18. The molecule has 0 spiro atoms. The van der Waals surface area contributed by atoms with Crippen LogP contribution in [0.15, 0.2) is 23.3 Å². The van der Waals surface area contributed by atoms with Gasteiger partial charge >= 0.3 is 5.97 Å². The fraction of sp³-hybridized carbons (Fsp3) is 0.286. The normalized spacial score (nSPS) is 13.1. The maximum Gasteiger partial charge on any atom is 0.337 e. The van der Waals surface area contributed by atoms with Crippen LogP contribution in [0.5, 0.6) is 0 Å². The largest absolute Gasteiger partial charge is 0.478 e. The first kappa shape index (κ1) is 14.4. The standard InChI is InChI=1S/C14H13N5O2/c15-8-11(9-16)18-17-10-3-4-13(12(7-10)14(20)21)19-5-1-2-6-19/h3-4,7,17H,1-2,5-6H2,(H,20,21). The number of benzene rings is 1. The van der Waals surface area contributed by atoms with Gasteiger partial charge in [-0.25, -0.2) is 4.79 Å². The summed E-state index contributed by atoms with van der Waals surface area (Å²) in [6.45, 7) is 1.69. The molecule has 1 aliphatic heterocycles. The van der Waals surface area contributed by atoms with Crippen molar-refractivity contribution >= 4 is 23.1 Å². The summed E-state index contributed by atoms with van der Waals surface area (Å²) in [4.78, 5) is 13.4. The van der Waals surface area contributed by atoms with Gasteiger partial charge < -0.3 is 10.0 Å². The lowest BCUT2D eigenvalue weighted by Crippen LogP contribution is -2.20. The maximum absolute atomic E-state index is 11.4. The van der Waals surface area contributed by atoms with E-state index in [9.17, 15) is 9.90 Å². The Hall–Kier alpha value is -3.06. The van der Waals surface area contributed by atoms with E-state index in [0.717, 1.165) is 25.9 Å². The number of hydrazone groups is 1. The zero-order valence-electron chi connectivity index (χ0n) is 11.2. The van der Waals surface area contributed by atoms with E-state index < -0.39 is 5.97 Å². The van der Waals surface area contributed by atoms with Crippen molar-refractivity contribution in [3.8, 4) is 12.1 Å². The van der Waals surface area contributed by atoms with Crippen LogP contribution in [-0.2, 0) is 0 Å². The van der Waals surface area contributed by atoms with Crippen molar-refractivity contribution in [1.29, 1.82) is 10.5 Å². The SMILES string of the molecule is N#CC(C#N)=NNc1ccc(N2CCCC2)c(C(=O)O)c1. The van der Waals surface area contributed by atoms with Crippen LogP contribution in [0.3, 0.4) is 0 Å². The summed E-state index contributed by atoms with van der Waals surface area (Å²) in [5, 5.41) is 30.1. The van der Waals surface area contributed by atoms with E-state index in [1.165, 1.54) is 6.07 Å². The Bertz CT molecular complexity index is 647. The summed E-state index contributed by atoms with van der Waals surface area (Å²) in [6.07, 6.45) is 2.11. The van der Waals surface area contributed by atoms with Crippen LogP contribution in [-0.4, -0.2) is 29.9 Å². The van der Waals surface area contributed by atoms with Gasteiger partial charge in [-0.3, -0.25) is 5.43 Å². The van der Waals surface area contributed by atoms with E-state index in [0.29, 0.717) is 11.4 Å². The number of nitriles is 2. The fourth-order valence-corrected chi connectivity index (χ4v) is 2.21. The first-order valence-electron chi connectivity index (χ1n) is 6.42. The van der Waals surface area contributed by atoms with Crippen molar-refractivity contribution in [1.82, 2.24) is 0 Å². The second kappa shape index (κ2) is 6.40. The van der Waals surface area contributed by atoms with Crippen molar-refractivity contribution in [3.63, 3.8) is 0 Å². The molecule has 7 nitrogen and oxygen atoms in total. The number of nitrogens with zero attached hydrogens (tertiary/aromatic N) is 4. The molecule has 0 radical (unpaired) electrons. The zero-order valence-corrected chi connectivity index (χ0v) is 11.2. The fourth-order valence-electron chi connectivity index (χ4n) is 2.21. The Balaban J connectivity index is 2.29. The number of rotatable bonds is 4. The van der Waals surface area contributed by atoms with Gasteiger partial charge in [0, 0.05) is 13.1 Å². The van der Waals surface area contributed by atoms with Crippen LogP contribution in [0.4, 0.5) is 11.4 Å². The quantitative estimate of drug-likeness (QED) is 0.643. The van der Waals surface area contributed by atoms with E-state index in [2.05, 4.69) is 10.5 Å². The Labute approximate surface area is 121 Å². The Kier molecular flexibility index (Phi) is 4.37. The molecule has 0 unspecified atom stereocenters. The van der Waals surface area contributed by atoms with Crippen LogP contribution < -0.4 is 10.3 Å². The highest BCUT2D eigenvalue weighted by Crippen LogP contribution is 2.27. The van der Waals surface area contributed by atoms with E-state index in [1.807, 2.05) is 4.90 Å². The lowest BCUT2D eigenvalue weighted by molar-refractivity contribution is 0.0697. The Morgan fingerprint density at radius 1 is 1.29 bits per heavy atom. The molecule has 7 heteroatoms. The molecule has 2 rings (SSSR count). The van der Waals surface area contributed by atoms with Crippen LogP contribution in [0.2, 0.25) is 0 Å². The Morgan fingerprint density at radius 2 is 1.95 bits per heavy atom. The van der Waals surface area contributed by atoms with E-state index in [1.54, 1.807) is 24.3 Å². The van der Waals surface area contributed by atoms with Gasteiger partial charge in [-0.05, 0) is 31.0 Å². The first-order valence-corrected chi connectivity index (χ1v) is 6.42. The molecule has 1 aromatic carbocycles. The monoisotopic (exact) mass is 283 g/mol. The van der Waals surface area contributed by atoms with E-state index in [-0.39, 0.29) is 11.3 Å². The molecule has 1 aliphatic rings. The van der Waals surface area contributed by atoms with Crippen molar-refractivity contribution in [2.75, 3.05) is 23.4 Å². The number of carbonyl (C=O) groups is 1. The lowest BCUT2D eigenvalue weighted by atomic mass is 10.1.